The highest BCUT2D eigenvalue weighted by Gasteiger charge is 2.01. The molecule has 1 rings (SSSR count). The zero-order valence-corrected chi connectivity index (χ0v) is 10.7. The summed E-state index contributed by atoms with van der Waals surface area (Å²) in [5.74, 6) is -0.122. The number of hydrogen-bond acceptors (Lipinski definition) is 4. The molecule has 0 fully saturated rings. The van der Waals surface area contributed by atoms with E-state index < -0.39 is 0 Å². The molecule has 0 saturated heterocycles. The van der Waals surface area contributed by atoms with Crippen LogP contribution in [0.25, 0.3) is 0 Å². The van der Waals surface area contributed by atoms with Crippen molar-refractivity contribution in [2.24, 2.45) is 5.16 Å². The van der Waals surface area contributed by atoms with Crippen LogP contribution >= 0.6 is 0 Å². The van der Waals surface area contributed by atoms with Gasteiger partial charge in [0.25, 0.3) is 0 Å². The van der Waals surface area contributed by atoms with E-state index in [1.54, 1.807) is 0 Å². The Hall–Kier alpha value is -1.68. The molecule has 0 aliphatic rings. The third-order valence-electron chi connectivity index (χ3n) is 2.71. The van der Waals surface area contributed by atoms with E-state index in [4.69, 9.17) is 5.21 Å². The van der Waals surface area contributed by atoms with E-state index in [-0.39, 0.29) is 5.78 Å². The molecule has 1 N–H and O–H groups in total. The van der Waals surface area contributed by atoms with E-state index >= 15 is 0 Å². The third kappa shape index (κ3) is 6.15. The van der Waals surface area contributed by atoms with Crippen LogP contribution in [0, 0.1) is 0 Å². The van der Waals surface area contributed by atoms with Crippen LogP contribution in [-0.2, 0) is 11.3 Å². The van der Waals surface area contributed by atoms with Gasteiger partial charge in [-0.1, -0.05) is 35.5 Å². The first kappa shape index (κ1) is 14.4. The highest BCUT2D eigenvalue weighted by molar-refractivity contribution is 6.27. The number of hydrogen-bond donors (Lipinski definition) is 1. The lowest BCUT2D eigenvalue weighted by Crippen LogP contribution is -2.19. The number of oxime groups is 1. The van der Waals surface area contributed by atoms with E-state index in [1.165, 1.54) is 5.56 Å². The molecule has 0 unspecified atom stereocenters. The maximum absolute atomic E-state index is 11.1. The number of nitrogens with zero attached hydrogens (tertiary/aromatic N) is 2. The van der Waals surface area contributed by atoms with Crippen molar-refractivity contribution in [1.82, 2.24) is 4.90 Å². The maximum atomic E-state index is 11.1. The molecule has 0 radical (unpaired) electrons. The highest BCUT2D eigenvalue weighted by atomic mass is 16.4. The number of carbonyl (C=O) groups is 1. The Kier molecular flexibility index (Phi) is 6.72. The molecule has 0 aliphatic carbocycles. The van der Waals surface area contributed by atoms with Crippen molar-refractivity contribution in [3.05, 3.63) is 35.9 Å². The van der Waals surface area contributed by atoms with Crippen LogP contribution in [0.3, 0.4) is 0 Å². The van der Waals surface area contributed by atoms with E-state index in [1.807, 2.05) is 18.2 Å². The van der Waals surface area contributed by atoms with Gasteiger partial charge in [0.2, 0.25) is 0 Å². The van der Waals surface area contributed by atoms with Gasteiger partial charge in [-0.25, -0.2) is 0 Å². The highest BCUT2D eigenvalue weighted by Crippen LogP contribution is 2.04. The van der Waals surface area contributed by atoms with Gasteiger partial charge in [0.05, 0.1) is 0 Å². The summed E-state index contributed by atoms with van der Waals surface area (Å²) in [6.45, 7) is 1.88. The Morgan fingerprint density at radius 1 is 1.33 bits per heavy atom. The molecule has 1 aromatic rings. The summed E-state index contributed by atoms with van der Waals surface area (Å²) in [6, 6.07) is 10.3. The molecule has 0 spiro atoms. The van der Waals surface area contributed by atoms with Crippen LogP contribution in [0.2, 0.25) is 0 Å². The summed E-state index contributed by atoms with van der Waals surface area (Å²) in [4.78, 5) is 13.3. The zero-order chi connectivity index (χ0) is 13.2. The second kappa shape index (κ2) is 8.42. The Morgan fingerprint density at radius 3 is 2.72 bits per heavy atom. The first-order chi connectivity index (χ1) is 8.72. The molecule has 0 bridgehead atoms. The van der Waals surface area contributed by atoms with Gasteiger partial charge in [-0.3, -0.25) is 4.79 Å². The number of ketones is 1. The second-order valence-corrected chi connectivity index (χ2v) is 4.39. The molecule has 98 valence electrons. The van der Waals surface area contributed by atoms with Gasteiger partial charge in [0.15, 0.2) is 5.78 Å². The van der Waals surface area contributed by atoms with Crippen LogP contribution < -0.4 is 0 Å². The molecule has 18 heavy (non-hydrogen) atoms. The lowest BCUT2D eigenvalue weighted by Gasteiger charge is -2.16. The Morgan fingerprint density at radius 2 is 2.06 bits per heavy atom. The van der Waals surface area contributed by atoms with E-state index in [9.17, 15) is 4.79 Å². The molecule has 0 saturated carbocycles. The standard InChI is InChI=1S/C14H20N2O2/c1-16(12-13-7-3-2-4-8-13)10-6-5-9-14(17)11-15-18/h2-4,7-8,11,18H,5-6,9-10,12H2,1H3/b15-11-. The van der Waals surface area contributed by atoms with Gasteiger partial charge in [0.1, 0.15) is 6.21 Å². The van der Waals surface area contributed by atoms with Gasteiger partial charge in [-0.05, 0) is 32.0 Å². The molecular weight excluding hydrogens is 228 g/mol. The fourth-order valence-corrected chi connectivity index (χ4v) is 1.78. The predicted molar refractivity (Wildman–Crippen MR) is 71.9 cm³/mol. The van der Waals surface area contributed by atoms with Crippen molar-refractivity contribution >= 4 is 12.0 Å². The molecule has 0 aliphatic heterocycles. The number of rotatable bonds is 8. The quantitative estimate of drug-likeness (QED) is 0.332. The van der Waals surface area contributed by atoms with Gasteiger partial charge < -0.3 is 10.1 Å². The van der Waals surface area contributed by atoms with Crippen molar-refractivity contribution in [3.63, 3.8) is 0 Å². The zero-order valence-electron chi connectivity index (χ0n) is 10.7. The van der Waals surface area contributed by atoms with Gasteiger partial charge >= 0.3 is 0 Å². The smallest absolute Gasteiger partial charge is 0.177 e. The summed E-state index contributed by atoms with van der Waals surface area (Å²) >= 11 is 0. The molecule has 0 heterocycles. The molecule has 0 atom stereocenters. The average molecular weight is 248 g/mol. The van der Waals surface area contributed by atoms with Crippen LogP contribution in [0.1, 0.15) is 24.8 Å². The minimum atomic E-state index is -0.122. The fraction of sp³-hybridized carbons (Fsp3) is 0.429. The Balaban J connectivity index is 2.14. The number of unbranched alkanes of at least 4 members (excludes halogenated alkanes) is 1. The molecular formula is C14H20N2O2. The summed E-state index contributed by atoms with van der Waals surface area (Å²) in [6.07, 6.45) is 3.20. The lowest BCUT2D eigenvalue weighted by atomic mass is 10.1. The Bertz CT molecular complexity index is 377. The van der Waals surface area contributed by atoms with Gasteiger partial charge in [-0.15, -0.1) is 0 Å². The second-order valence-electron chi connectivity index (χ2n) is 4.39. The third-order valence-corrected chi connectivity index (χ3v) is 2.71. The van der Waals surface area contributed by atoms with Crippen LogP contribution in [0.4, 0.5) is 0 Å². The fourth-order valence-electron chi connectivity index (χ4n) is 1.78. The van der Waals surface area contributed by atoms with Crippen molar-refractivity contribution in [3.8, 4) is 0 Å². The maximum Gasteiger partial charge on any atom is 0.177 e. The predicted octanol–water partition coefficient (Wildman–Crippen LogP) is 2.32. The summed E-state index contributed by atoms with van der Waals surface area (Å²) < 4.78 is 0. The minimum Gasteiger partial charge on any atom is -0.411 e. The molecule has 1 aromatic carbocycles. The number of carbonyl (C=O) groups excluding carboxylic acids is 1. The van der Waals surface area contributed by atoms with Crippen molar-refractivity contribution in [2.75, 3.05) is 13.6 Å². The lowest BCUT2D eigenvalue weighted by molar-refractivity contribution is -0.112. The van der Waals surface area contributed by atoms with Crippen molar-refractivity contribution < 1.29 is 10.0 Å². The van der Waals surface area contributed by atoms with E-state index in [2.05, 4.69) is 29.2 Å². The Labute approximate surface area is 108 Å². The normalized spacial score (nSPS) is 11.2. The average Bonchev–Trinajstić information content (AvgIpc) is 2.36. The van der Waals surface area contributed by atoms with E-state index in [0.29, 0.717) is 6.42 Å². The largest absolute Gasteiger partial charge is 0.411 e. The first-order valence-electron chi connectivity index (χ1n) is 6.15. The van der Waals surface area contributed by atoms with Crippen LogP contribution in [0.5, 0.6) is 0 Å². The van der Waals surface area contributed by atoms with Gasteiger partial charge in [0, 0.05) is 13.0 Å². The topological polar surface area (TPSA) is 52.9 Å². The van der Waals surface area contributed by atoms with Gasteiger partial charge in [-0.2, -0.15) is 0 Å². The summed E-state index contributed by atoms with van der Waals surface area (Å²) in [5.41, 5.74) is 1.29. The molecule has 0 aromatic heterocycles. The molecule has 4 heteroatoms. The number of benzene rings is 1. The van der Waals surface area contributed by atoms with Crippen LogP contribution in [0.15, 0.2) is 35.5 Å². The molecule has 4 nitrogen and oxygen atoms in total. The molecule has 0 amide bonds. The van der Waals surface area contributed by atoms with Crippen molar-refractivity contribution in [2.45, 2.75) is 25.8 Å². The monoisotopic (exact) mass is 248 g/mol. The summed E-state index contributed by atoms with van der Waals surface area (Å²) in [5, 5.41) is 10.9. The summed E-state index contributed by atoms with van der Waals surface area (Å²) in [7, 11) is 2.07. The SMILES string of the molecule is CN(CCCCC(=O)/C=N\O)Cc1ccccc1. The van der Waals surface area contributed by atoms with E-state index in [0.717, 1.165) is 32.1 Å². The first-order valence-corrected chi connectivity index (χ1v) is 6.15. The van der Waals surface area contributed by atoms with Crippen molar-refractivity contribution in [1.29, 1.82) is 0 Å². The van der Waals surface area contributed by atoms with Crippen LogP contribution in [-0.4, -0.2) is 35.7 Å². The minimum absolute atomic E-state index is 0.122. The number of Topliss-reactive ketones (excluding diaryl/α,β-unsaturated/α-hetero) is 1.